The standard InChI is InChI=1S/C23H38N4O3.HI/c1-6-24-21(26-17-23(4,5)27-9-11-28-12-10-27)25-16-22(2,3)18-7-8-19-20(15-18)30-14-13-29-19;/h7-8,15H,6,9-14,16-17H2,1-5H3,(H2,24,25,26);1H. The van der Waals surface area contributed by atoms with E-state index in [4.69, 9.17) is 19.2 Å². The minimum Gasteiger partial charge on any atom is -0.486 e. The van der Waals surface area contributed by atoms with Gasteiger partial charge in [-0.2, -0.15) is 0 Å². The molecule has 31 heavy (non-hydrogen) atoms. The van der Waals surface area contributed by atoms with Gasteiger partial charge < -0.3 is 24.8 Å². The lowest BCUT2D eigenvalue weighted by molar-refractivity contribution is -0.00684. The van der Waals surface area contributed by atoms with Crippen molar-refractivity contribution < 1.29 is 14.2 Å². The Morgan fingerprint density at radius 2 is 1.68 bits per heavy atom. The minimum absolute atomic E-state index is 0. The fraction of sp³-hybridized carbons (Fsp3) is 0.696. The molecule has 0 spiro atoms. The zero-order valence-corrected chi connectivity index (χ0v) is 22.0. The van der Waals surface area contributed by atoms with Crippen LogP contribution in [0.25, 0.3) is 0 Å². The zero-order chi connectivity index (χ0) is 21.6. The van der Waals surface area contributed by atoms with Crippen molar-refractivity contribution in [1.29, 1.82) is 0 Å². The number of guanidine groups is 1. The molecule has 1 saturated heterocycles. The van der Waals surface area contributed by atoms with E-state index in [-0.39, 0.29) is 34.9 Å². The summed E-state index contributed by atoms with van der Waals surface area (Å²) in [5, 5.41) is 6.92. The lowest BCUT2D eigenvalue weighted by Gasteiger charge is -2.40. The van der Waals surface area contributed by atoms with Gasteiger partial charge in [0.15, 0.2) is 17.5 Å². The molecular weight excluding hydrogens is 507 g/mol. The Morgan fingerprint density at radius 1 is 1.00 bits per heavy atom. The van der Waals surface area contributed by atoms with E-state index in [0.717, 1.165) is 63.4 Å². The van der Waals surface area contributed by atoms with Gasteiger partial charge in [-0.15, -0.1) is 24.0 Å². The average Bonchev–Trinajstić information content (AvgIpc) is 2.76. The van der Waals surface area contributed by atoms with Crippen molar-refractivity contribution in [3.05, 3.63) is 23.8 Å². The number of aliphatic imine (C=N–C) groups is 1. The van der Waals surface area contributed by atoms with E-state index in [0.29, 0.717) is 13.2 Å². The third kappa shape index (κ3) is 7.12. The lowest BCUT2D eigenvalue weighted by Crippen LogP contribution is -2.52. The number of morpholine rings is 1. The lowest BCUT2D eigenvalue weighted by atomic mass is 9.84. The van der Waals surface area contributed by atoms with Crippen LogP contribution in [-0.2, 0) is 10.2 Å². The molecule has 2 aliphatic heterocycles. The fourth-order valence-corrected chi connectivity index (χ4v) is 3.75. The van der Waals surface area contributed by atoms with Crippen molar-refractivity contribution in [3.63, 3.8) is 0 Å². The summed E-state index contributed by atoms with van der Waals surface area (Å²) in [6.45, 7) is 18.1. The maximum absolute atomic E-state index is 5.76. The largest absolute Gasteiger partial charge is 0.486 e. The predicted octanol–water partition coefficient (Wildman–Crippen LogP) is 3.02. The first kappa shape index (κ1) is 26.0. The van der Waals surface area contributed by atoms with Gasteiger partial charge in [0.1, 0.15) is 13.2 Å². The van der Waals surface area contributed by atoms with Crippen LogP contribution in [0, 0.1) is 0 Å². The first-order valence-electron chi connectivity index (χ1n) is 11.1. The number of nitrogens with one attached hydrogen (secondary N) is 2. The van der Waals surface area contributed by atoms with Crippen LogP contribution >= 0.6 is 24.0 Å². The van der Waals surface area contributed by atoms with Gasteiger partial charge in [-0.25, -0.2) is 0 Å². The zero-order valence-electron chi connectivity index (χ0n) is 19.6. The molecule has 7 nitrogen and oxygen atoms in total. The van der Waals surface area contributed by atoms with E-state index >= 15 is 0 Å². The van der Waals surface area contributed by atoms with Crippen molar-refractivity contribution >= 4 is 29.9 Å². The van der Waals surface area contributed by atoms with Gasteiger partial charge in [0.05, 0.1) is 19.8 Å². The fourth-order valence-electron chi connectivity index (χ4n) is 3.75. The summed E-state index contributed by atoms with van der Waals surface area (Å²) in [5.41, 5.74) is 1.12. The molecule has 1 aromatic carbocycles. The summed E-state index contributed by atoms with van der Waals surface area (Å²) in [4.78, 5) is 7.36. The molecule has 1 fully saturated rings. The summed E-state index contributed by atoms with van der Waals surface area (Å²) in [6, 6.07) is 6.23. The Morgan fingerprint density at radius 3 is 2.35 bits per heavy atom. The van der Waals surface area contributed by atoms with Crippen molar-refractivity contribution in [1.82, 2.24) is 15.5 Å². The van der Waals surface area contributed by atoms with E-state index in [1.807, 2.05) is 6.07 Å². The molecular formula is C23H39IN4O3. The van der Waals surface area contributed by atoms with Crippen molar-refractivity contribution in [2.24, 2.45) is 4.99 Å². The van der Waals surface area contributed by atoms with Gasteiger partial charge in [-0.3, -0.25) is 9.89 Å². The molecule has 0 saturated carbocycles. The molecule has 0 radical (unpaired) electrons. The van der Waals surface area contributed by atoms with Crippen LogP contribution in [0.4, 0.5) is 0 Å². The Bertz CT molecular complexity index is 734. The highest BCUT2D eigenvalue weighted by Gasteiger charge is 2.28. The molecule has 2 N–H and O–H groups in total. The molecule has 1 aromatic rings. The van der Waals surface area contributed by atoms with Gasteiger partial charge in [0, 0.05) is 37.1 Å². The van der Waals surface area contributed by atoms with Crippen molar-refractivity contribution in [3.8, 4) is 11.5 Å². The van der Waals surface area contributed by atoms with E-state index < -0.39 is 0 Å². The van der Waals surface area contributed by atoms with Gasteiger partial charge in [-0.1, -0.05) is 19.9 Å². The summed E-state index contributed by atoms with van der Waals surface area (Å²) in [6.07, 6.45) is 0. The Labute approximate surface area is 204 Å². The number of hydrogen-bond donors (Lipinski definition) is 2. The number of halogens is 1. The topological polar surface area (TPSA) is 67.4 Å². The van der Waals surface area contributed by atoms with Gasteiger partial charge >= 0.3 is 0 Å². The number of rotatable bonds is 7. The van der Waals surface area contributed by atoms with E-state index in [1.54, 1.807) is 0 Å². The van der Waals surface area contributed by atoms with Crippen molar-refractivity contribution in [2.75, 3.05) is 59.2 Å². The SMILES string of the molecule is CCNC(=NCC(C)(C)N1CCOCC1)NCC(C)(C)c1ccc2c(c1)OCCO2.I. The summed E-state index contributed by atoms with van der Waals surface area (Å²) < 4.78 is 16.9. The average molecular weight is 546 g/mol. The number of benzene rings is 1. The highest BCUT2D eigenvalue weighted by molar-refractivity contribution is 14.0. The number of fused-ring (bicyclic) bond motifs is 1. The van der Waals surface area contributed by atoms with Crippen LogP contribution in [0.5, 0.6) is 11.5 Å². The second-order valence-corrected chi connectivity index (χ2v) is 9.20. The molecule has 8 heteroatoms. The van der Waals surface area contributed by atoms with Crippen LogP contribution in [0.2, 0.25) is 0 Å². The smallest absolute Gasteiger partial charge is 0.191 e. The number of nitrogens with zero attached hydrogens (tertiary/aromatic N) is 2. The highest BCUT2D eigenvalue weighted by Crippen LogP contribution is 2.34. The maximum Gasteiger partial charge on any atom is 0.191 e. The Kier molecular flexibility index (Phi) is 9.69. The third-order valence-corrected chi connectivity index (χ3v) is 5.86. The van der Waals surface area contributed by atoms with Crippen LogP contribution in [-0.4, -0.2) is 75.5 Å². The Hall–Kier alpha value is -1.26. The summed E-state index contributed by atoms with van der Waals surface area (Å²) in [7, 11) is 0. The van der Waals surface area contributed by atoms with Crippen molar-refractivity contribution in [2.45, 2.75) is 45.6 Å². The normalized spacial score (nSPS) is 17.6. The van der Waals surface area contributed by atoms with Crippen LogP contribution in [0.3, 0.4) is 0 Å². The van der Waals surface area contributed by atoms with Gasteiger partial charge in [0.25, 0.3) is 0 Å². The van der Waals surface area contributed by atoms with Gasteiger partial charge in [-0.05, 0) is 38.5 Å². The van der Waals surface area contributed by atoms with Gasteiger partial charge in [0.2, 0.25) is 0 Å². The number of ether oxygens (including phenoxy) is 3. The summed E-state index contributed by atoms with van der Waals surface area (Å²) in [5.74, 6) is 2.51. The first-order valence-corrected chi connectivity index (χ1v) is 11.1. The van der Waals surface area contributed by atoms with E-state index in [2.05, 4.69) is 62.3 Å². The molecule has 2 heterocycles. The number of hydrogen-bond acceptors (Lipinski definition) is 5. The molecule has 0 atom stereocenters. The third-order valence-electron chi connectivity index (χ3n) is 5.86. The molecule has 3 rings (SSSR count). The molecule has 0 aliphatic carbocycles. The quantitative estimate of drug-likeness (QED) is 0.312. The van der Waals surface area contributed by atoms with Crippen LogP contribution in [0.1, 0.15) is 40.2 Å². The molecule has 0 aromatic heterocycles. The second-order valence-electron chi connectivity index (χ2n) is 9.20. The molecule has 176 valence electrons. The first-order chi connectivity index (χ1) is 14.3. The van der Waals surface area contributed by atoms with E-state index in [9.17, 15) is 0 Å². The maximum atomic E-state index is 5.76. The highest BCUT2D eigenvalue weighted by atomic mass is 127. The van der Waals surface area contributed by atoms with Crippen LogP contribution in [0.15, 0.2) is 23.2 Å². The van der Waals surface area contributed by atoms with E-state index in [1.165, 1.54) is 5.56 Å². The summed E-state index contributed by atoms with van der Waals surface area (Å²) >= 11 is 0. The Balaban J connectivity index is 0.00000341. The van der Waals surface area contributed by atoms with Crippen LogP contribution < -0.4 is 20.1 Å². The molecule has 0 bridgehead atoms. The predicted molar refractivity (Wildman–Crippen MR) is 136 cm³/mol. The molecule has 0 unspecified atom stereocenters. The molecule has 0 amide bonds. The monoisotopic (exact) mass is 546 g/mol. The minimum atomic E-state index is -0.0915. The molecule has 2 aliphatic rings. The second kappa shape index (κ2) is 11.6.